The number of carbonyl (C=O) groups is 1. The third-order valence-electron chi connectivity index (χ3n) is 7.97. The highest BCUT2D eigenvalue weighted by atomic mass is 19.1. The molecule has 2 aromatic carbocycles. The van der Waals surface area contributed by atoms with Gasteiger partial charge in [0.2, 0.25) is 0 Å². The lowest BCUT2D eigenvalue weighted by Crippen LogP contribution is -2.63. The molecule has 1 aliphatic heterocycles. The second-order valence-corrected chi connectivity index (χ2v) is 9.63. The minimum Gasteiger partial charge on any atom is -0.453 e. The number of ether oxygens (including phenoxy) is 1. The Hall–Kier alpha value is -3.24. The van der Waals surface area contributed by atoms with Crippen LogP contribution in [0.5, 0.6) is 0 Å². The maximum Gasteiger partial charge on any atom is 0.407 e. The van der Waals surface area contributed by atoms with Gasteiger partial charge in [-0.3, -0.25) is 9.89 Å². The van der Waals surface area contributed by atoms with Crippen molar-refractivity contribution in [1.29, 1.82) is 5.26 Å². The lowest BCUT2D eigenvalue weighted by atomic mass is 9.55. The van der Waals surface area contributed by atoms with Crippen LogP contribution in [-0.2, 0) is 16.7 Å². The van der Waals surface area contributed by atoms with Gasteiger partial charge < -0.3 is 10.1 Å². The normalized spacial score (nSPS) is 24.8. The molecule has 1 amide bonds. The molecule has 0 spiro atoms. The highest BCUT2D eigenvalue weighted by Crippen LogP contribution is 2.54. The number of carbonyl (C=O) groups excluding carboxylic acids is 1. The van der Waals surface area contributed by atoms with Gasteiger partial charge in [-0.05, 0) is 81.1 Å². The zero-order chi connectivity index (χ0) is 24.9. The number of halogens is 1. The number of likely N-dealkylation sites (tertiary alicyclic amines) is 1. The van der Waals surface area contributed by atoms with Crippen molar-refractivity contribution in [2.75, 3.05) is 20.2 Å². The third kappa shape index (κ3) is 4.55. The second-order valence-electron chi connectivity index (χ2n) is 9.63. The van der Waals surface area contributed by atoms with Crippen LogP contribution in [-0.4, -0.2) is 49.5 Å². The monoisotopic (exact) mass is 476 g/mol. The Kier molecular flexibility index (Phi) is 7.51. The van der Waals surface area contributed by atoms with Crippen molar-refractivity contribution in [1.82, 2.24) is 10.2 Å². The maximum atomic E-state index is 14.5. The topological polar surface area (TPSA) is 77.7 Å². The molecule has 0 aromatic heterocycles. The molecule has 184 valence electrons. The second kappa shape index (κ2) is 10.6. The summed E-state index contributed by atoms with van der Waals surface area (Å²) in [4.78, 5) is 19.2. The standard InChI is InChI=1S/C28H33FN4O2/c1-31-28(15-7-12-25(28)32-26(34)35-2)27(20-30,23-10-6-11-24(29)18-23)22-13-16-33(17-14-22)19-21-8-4-3-5-9-21/h3-6,8-11,18,22,25H,1,7,12-17,19H2,2H3,(H,32,34)/t25-,27-,28+/m0/s1. The Balaban J connectivity index is 1.71. The summed E-state index contributed by atoms with van der Waals surface area (Å²) in [6.45, 7) is 6.42. The number of nitriles is 1. The van der Waals surface area contributed by atoms with E-state index in [0.717, 1.165) is 38.9 Å². The molecule has 6 nitrogen and oxygen atoms in total. The molecule has 2 fully saturated rings. The minimum atomic E-state index is -1.14. The Labute approximate surface area is 206 Å². The Bertz CT molecular complexity index is 1080. The first kappa shape index (κ1) is 24.9. The predicted molar refractivity (Wildman–Crippen MR) is 134 cm³/mol. The number of hydrogen-bond donors (Lipinski definition) is 1. The molecular weight excluding hydrogens is 443 g/mol. The van der Waals surface area contributed by atoms with E-state index in [-0.39, 0.29) is 5.92 Å². The molecule has 35 heavy (non-hydrogen) atoms. The number of amides is 1. The average molecular weight is 477 g/mol. The van der Waals surface area contributed by atoms with E-state index in [1.54, 1.807) is 6.07 Å². The molecule has 3 atom stereocenters. The Morgan fingerprint density at radius 1 is 1.26 bits per heavy atom. The first-order valence-electron chi connectivity index (χ1n) is 12.2. The van der Waals surface area contributed by atoms with Crippen LogP contribution < -0.4 is 5.32 Å². The number of nitrogens with one attached hydrogen (secondary N) is 1. The van der Waals surface area contributed by atoms with Crippen LogP contribution in [0.3, 0.4) is 0 Å². The SMILES string of the molecule is C=N[C@]1([C@](C#N)(c2cccc(F)c2)C2CCN(Cc3ccccc3)CC2)CCC[C@@H]1NC(=O)OC. The molecule has 0 radical (unpaired) electrons. The molecule has 1 saturated carbocycles. The summed E-state index contributed by atoms with van der Waals surface area (Å²) in [5, 5.41) is 13.8. The number of alkyl carbamates (subject to hydrolysis) is 1. The van der Waals surface area contributed by atoms with Crippen LogP contribution in [0.1, 0.15) is 43.2 Å². The highest BCUT2D eigenvalue weighted by Gasteiger charge is 2.63. The molecule has 0 unspecified atom stereocenters. The van der Waals surface area contributed by atoms with Crippen molar-refractivity contribution < 1.29 is 13.9 Å². The molecule has 1 heterocycles. The van der Waals surface area contributed by atoms with Crippen molar-refractivity contribution >= 4 is 12.8 Å². The van der Waals surface area contributed by atoms with Crippen LogP contribution in [0, 0.1) is 23.1 Å². The summed E-state index contributed by atoms with van der Waals surface area (Å²) >= 11 is 0. The molecular formula is C28H33FN4O2. The molecule has 2 aliphatic rings. The molecule has 1 saturated heterocycles. The summed E-state index contributed by atoms with van der Waals surface area (Å²) in [5.41, 5.74) is -0.272. The van der Waals surface area contributed by atoms with Gasteiger partial charge >= 0.3 is 6.09 Å². The average Bonchev–Trinajstić information content (AvgIpc) is 3.30. The fourth-order valence-corrected chi connectivity index (χ4v) is 6.36. The van der Waals surface area contributed by atoms with E-state index in [2.05, 4.69) is 40.1 Å². The van der Waals surface area contributed by atoms with E-state index in [1.807, 2.05) is 24.3 Å². The number of rotatable bonds is 7. The van der Waals surface area contributed by atoms with Gasteiger partial charge in [0.1, 0.15) is 16.8 Å². The van der Waals surface area contributed by atoms with Crippen molar-refractivity contribution in [3.63, 3.8) is 0 Å². The minimum absolute atomic E-state index is 0.0770. The van der Waals surface area contributed by atoms with Gasteiger partial charge in [0.05, 0.1) is 19.2 Å². The highest BCUT2D eigenvalue weighted by molar-refractivity contribution is 5.68. The van der Waals surface area contributed by atoms with Gasteiger partial charge in [0, 0.05) is 6.54 Å². The number of hydrogen-bond acceptors (Lipinski definition) is 5. The largest absolute Gasteiger partial charge is 0.453 e. The molecule has 0 bridgehead atoms. The zero-order valence-corrected chi connectivity index (χ0v) is 20.3. The zero-order valence-electron chi connectivity index (χ0n) is 20.3. The van der Waals surface area contributed by atoms with Crippen LogP contribution in [0.2, 0.25) is 0 Å². The fraction of sp³-hybridized carbons (Fsp3) is 0.464. The van der Waals surface area contributed by atoms with Gasteiger partial charge in [-0.15, -0.1) is 0 Å². The number of methoxy groups -OCH3 is 1. The number of nitrogens with zero attached hydrogens (tertiary/aromatic N) is 3. The molecule has 2 aromatic rings. The third-order valence-corrected chi connectivity index (χ3v) is 7.97. The van der Waals surface area contributed by atoms with Crippen molar-refractivity contribution in [3.8, 4) is 6.07 Å². The van der Waals surface area contributed by atoms with Gasteiger partial charge in [-0.2, -0.15) is 5.26 Å². The molecule has 7 heteroatoms. The summed E-state index contributed by atoms with van der Waals surface area (Å²) in [6.07, 6.45) is 2.98. The number of aliphatic imine (C=N–C) groups is 1. The van der Waals surface area contributed by atoms with E-state index in [9.17, 15) is 14.4 Å². The van der Waals surface area contributed by atoms with Crippen molar-refractivity contribution in [2.45, 2.75) is 55.6 Å². The lowest BCUT2D eigenvalue weighted by molar-refractivity contribution is 0.0879. The van der Waals surface area contributed by atoms with E-state index in [1.165, 1.54) is 24.8 Å². The predicted octanol–water partition coefficient (Wildman–Crippen LogP) is 4.85. The number of benzene rings is 2. The van der Waals surface area contributed by atoms with Gasteiger partial charge in [-0.1, -0.05) is 42.5 Å². The molecule has 1 N–H and O–H groups in total. The van der Waals surface area contributed by atoms with E-state index in [4.69, 9.17) is 4.74 Å². The lowest BCUT2D eigenvalue weighted by Gasteiger charge is -2.51. The van der Waals surface area contributed by atoms with Crippen LogP contribution in [0.4, 0.5) is 9.18 Å². The smallest absolute Gasteiger partial charge is 0.407 e. The van der Waals surface area contributed by atoms with Crippen molar-refractivity contribution in [2.24, 2.45) is 10.9 Å². The van der Waals surface area contributed by atoms with Gasteiger partial charge in [0.15, 0.2) is 0 Å². The first-order valence-corrected chi connectivity index (χ1v) is 12.2. The summed E-state index contributed by atoms with van der Waals surface area (Å²) < 4.78 is 19.4. The number of piperidine rings is 1. The molecule has 1 aliphatic carbocycles. The Morgan fingerprint density at radius 3 is 2.63 bits per heavy atom. The van der Waals surface area contributed by atoms with Crippen LogP contribution in [0.25, 0.3) is 0 Å². The first-order chi connectivity index (χ1) is 17.0. The van der Waals surface area contributed by atoms with Crippen molar-refractivity contribution in [3.05, 3.63) is 71.5 Å². The van der Waals surface area contributed by atoms with E-state index >= 15 is 0 Å². The van der Waals surface area contributed by atoms with E-state index < -0.39 is 28.9 Å². The Morgan fingerprint density at radius 2 is 2.00 bits per heavy atom. The van der Waals surface area contributed by atoms with Crippen LogP contribution in [0.15, 0.2) is 59.6 Å². The summed E-state index contributed by atoms with van der Waals surface area (Å²) in [6, 6.07) is 18.9. The molecule has 4 rings (SSSR count). The van der Waals surface area contributed by atoms with Gasteiger partial charge in [0.25, 0.3) is 0 Å². The fourth-order valence-electron chi connectivity index (χ4n) is 6.36. The van der Waals surface area contributed by atoms with Crippen LogP contribution >= 0.6 is 0 Å². The summed E-state index contributed by atoms with van der Waals surface area (Å²) in [5.74, 6) is -0.467. The van der Waals surface area contributed by atoms with Gasteiger partial charge in [-0.25, -0.2) is 9.18 Å². The summed E-state index contributed by atoms with van der Waals surface area (Å²) in [7, 11) is 1.32. The maximum absolute atomic E-state index is 14.5. The quantitative estimate of drug-likeness (QED) is 0.580. The van der Waals surface area contributed by atoms with E-state index in [0.29, 0.717) is 18.4 Å².